The lowest BCUT2D eigenvalue weighted by molar-refractivity contribution is 0.124. The van der Waals surface area contributed by atoms with Crippen LogP contribution in [0.5, 0.6) is 0 Å². The molecule has 7 heteroatoms. The van der Waals surface area contributed by atoms with Crippen molar-refractivity contribution in [1.29, 1.82) is 0 Å². The Balaban J connectivity index is 2.91. The van der Waals surface area contributed by atoms with Crippen LogP contribution in [0.1, 0.15) is 19.4 Å². The van der Waals surface area contributed by atoms with Crippen molar-refractivity contribution in [2.45, 2.75) is 20.5 Å². The molecule has 0 saturated carbocycles. The monoisotopic (exact) mass is 279 g/mol. The molecule has 0 amide bonds. The summed E-state index contributed by atoms with van der Waals surface area (Å²) < 4.78 is 64.7. The Kier molecular flexibility index (Phi) is 5.02. The van der Waals surface area contributed by atoms with Crippen molar-refractivity contribution < 1.29 is 26.8 Å². The van der Waals surface area contributed by atoms with E-state index in [4.69, 9.17) is 0 Å². The molecule has 0 aliphatic heterocycles. The van der Waals surface area contributed by atoms with Crippen molar-refractivity contribution in [3.8, 4) is 0 Å². The smallest absolute Gasteiger partial charge is 0.200 e. The molecule has 0 atom stereocenters. The van der Waals surface area contributed by atoms with Gasteiger partial charge in [0, 0.05) is 0 Å². The zero-order valence-electron chi connectivity index (χ0n) is 10.1. The van der Waals surface area contributed by atoms with E-state index in [2.05, 4.69) is 9.99 Å². The van der Waals surface area contributed by atoms with Gasteiger partial charge < -0.3 is 4.84 Å². The number of halogens is 5. The normalized spacial score (nSPS) is 10.9. The number of hydrogen-bond donors (Lipinski definition) is 0. The predicted octanol–water partition coefficient (Wildman–Crippen LogP) is 3.85. The van der Waals surface area contributed by atoms with E-state index < -0.39 is 41.3 Å². The van der Waals surface area contributed by atoms with Crippen LogP contribution >= 0.6 is 0 Å². The van der Waals surface area contributed by atoms with E-state index in [1.807, 2.05) is 0 Å². The van der Waals surface area contributed by atoms with Gasteiger partial charge in [0.1, 0.15) is 6.61 Å². The van der Waals surface area contributed by atoms with Gasteiger partial charge in [0.15, 0.2) is 23.3 Å². The van der Waals surface area contributed by atoms with Gasteiger partial charge in [0.2, 0.25) is 5.82 Å². The van der Waals surface area contributed by atoms with Gasteiger partial charge in [0.25, 0.3) is 0 Å². The topological polar surface area (TPSA) is 21.6 Å². The molecule has 1 rings (SSSR count). The van der Waals surface area contributed by atoms with E-state index in [-0.39, 0.29) is 0 Å². The summed E-state index contributed by atoms with van der Waals surface area (Å²) in [6, 6.07) is 0. The quantitative estimate of drug-likeness (QED) is 0.270. The summed E-state index contributed by atoms with van der Waals surface area (Å²) in [5.41, 5.74) is -0.172. The Morgan fingerprint density at radius 3 is 1.89 bits per heavy atom. The molecule has 0 spiro atoms. The first-order chi connectivity index (χ1) is 8.86. The molecular formula is C12H10F5NO. The minimum absolute atomic E-state index is 0.862. The fraction of sp³-hybridized carbons (Fsp3) is 0.250. The Bertz CT molecular complexity index is 506. The second-order valence-corrected chi connectivity index (χ2v) is 3.82. The molecule has 0 saturated heterocycles. The van der Waals surface area contributed by atoms with Crippen molar-refractivity contribution in [1.82, 2.24) is 0 Å². The van der Waals surface area contributed by atoms with E-state index in [1.54, 1.807) is 19.9 Å². The highest BCUT2D eigenvalue weighted by Crippen LogP contribution is 2.23. The van der Waals surface area contributed by atoms with Crippen LogP contribution in [-0.4, -0.2) is 6.21 Å². The maximum Gasteiger partial charge on any atom is 0.200 e. The van der Waals surface area contributed by atoms with Gasteiger partial charge in [0.05, 0.1) is 11.8 Å². The summed E-state index contributed by atoms with van der Waals surface area (Å²) in [5, 5.41) is 3.30. The van der Waals surface area contributed by atoms with Gasteiger partial charge in [-0.1, -0.05) is 10.7 Å². The molecule has 0 bridgehead atoms. The van der Waals surface area contributed by atoms with E-state index in [1.165, 1.54) is 6.21 Å². The Hall–Kier alpha value is -1.92. The van der Waals surface area contributed by atoms with Crippen molar-refractivity contribution in [3.63, 3.8) is 0 Å². The van der Waals surface area contributed by atoms with Crippen LogP contribution in [0.25, 0.3) is 0 Å². The van der Waals surface area contributed by atoms with Crippen molar-refractivity contribution in [2.75, 3.05) is 0 Å². The lowest BCUT2D eigenvalue weighted by atomic mass is 10.2. The van der Waals surface area contributed by atoms with Crippen LogP contribution in [0.2, 0.25) is 0 Å². The zero-order chi connectivity index (χ0) is 14.6. The second kappa shape index (κ2) is 6.31. The summed E-state index contributed by atoms with van der Waals surface area (Å²) in [4.78, 5) is 4.47. The maximum absolute atomic E-state index is 13.2. The van der Waals surface area contributed by atoms with Crippen LogP contribution in [-0.2, 0) is 11.4 Å². The summed E-state index contributed by atoms with van der Waals surface area (Å²) in [5.74, 6) is -10.1. The second-order valence-electron chi connectivity index (χ2n) is 3.82. The highest BCUT2D eigenvalue weighted by atomic mass is 19.2. The number of oxime groups is 1. The molecule has 0 aliphatic rings. The third kappa shape index (κ3) is 3.52. The summed E-state index contributed by atoms with van der Waals surface area (Å²) >= 11 is 0. The van der Waals surface area contributed by atoms with E-state index in [0.717, 1.165) is 5.57 Å². The maximum atomic E-state index is 13.2. The first-order valence-corrected chi connectivity index (χ1v) is 5.15. The molecule has 0 fully saturated rings. The third-order valence-corrected chi connectivity index (χ3v) is 2.05. The average molecular weight is 279 g/mol. The van der Waals surface area contributed by atoms with Gasteiger partial charge in [-0.05, 0) is 19.9 Å². The SMILES string of the molecule is CC(C)=C/C=N/OCc1c(F)c(F)c(F)c(F)c1F. The summed E-state index contributed by atoms with van der Waals surface area (Å²) in [6.45, 7) is 2.69. The number of rotatable bonds is 4. The van der Waals surface area contributed by atoms with Gasteiger partial charge >= 0.3 is 0 Å². The van der Waals surface area contributed by atoms with E-state index >= 15 is 0 Å². The third-order valence-electron chi connectivity index (χ3n) is 2.05. The minimum atomic E-state index is -2.20. The predicted molar refractivity (Wildman–Crippen MR) is 58.9 cm³/mol. The minimum Gasteiger partial charge on any atom is -0.391 e. The molecule has 0 aromatic heterocycles. The van der Waals surface area contributed by atoms with Crippen LogP contribution in [0.3, 0.4) is 0 Å². The summed E-state index contributed by atoms with van der Waals surface area (Å²) in [6.07, 6.45) is 2.74. The van der Waals surface area contributed by atoms with E-state index in [0.29, 0.717) is 0 Å². The largest absolute Gasteiger partial charge is 0.391 e. The fourth-order valence-corrected chi connectivity index (χ4v) is 1.10. The Morgan fingerprint density at radius 1 is 0.947 bits per heavy atom. The van der Waals surface area contributed by atoms with Gasteiger partial charge in [-0.3, -0.25) is 0 Å². The summed E-state index contributed by atoms with van der Waals surface area (Å²) in [7, 11) is 0. The molecule has 0 heterocycles. The number of benzene rings is 1. The van der Waals surface area contributed by atoms with Gasteiger partial charge in [-0.25, -0.2) is 22.0 Å². The highest BCUT2D eigenvalue weighted by molar-refractivity contribution is 5.71. The molecular weight excluding hydrogens is 269 g/mol. The van der Waals surface area contributed by atoms with Gasteiger partial charge in [-0.15, -0.1) is 0 Å². The van der Waals surface area contributed by atoms with Gasteiger partial charge in [-0.2, -0.15) is 0 Å². The molecule has 0 unspecified atom stereocenters. The number of nitrogens with zero attached hydrogens (tertiary/aromatic N) is 1. The standard InChI is InChI=1S/C12H10F5NO/c1-6(2)3-4-18-19-5-7-8(13)10(15)12(17)11(16)9(7)14/h3-4H,5H2,1-2H3/b18-4+. The first-order valence-electron chi connectivity index (χ1n) is 5.15. The van der Waals surface area contributed by atoms with Crippen molar-refractivity contribution in [2.24, 2.45) is 5.16 Å². The molecule has 104 valence electrons. The molecule has 0 radical (unpaired) electrons. The average Bonchev–Trinajstić information content (AvgIpc) is 2.37. The Labute approximate surface area is 106 Å². The Morgan fingerprint density at radius 2 is 1.42 bits per heavy atom. The van der Waals surface area contributed by atoms with Crippen molar-refractivity contribution in [3.05, 3.63) is 46.3 Å². The van der Waals surface area contributed by atoms with Crippen LogP contribution in [0.4, 0.5) is 22.0 Å². The fourth-order valence-electron chi connectivity index (χ4n) is 1.10. The molecule has 0 N–H and O–H groups in total. The number of hydrogen-bond acceptors (Lipinski definition) is 2. The molecule has 0 aliphatic carbocycles. The number of allylic oxidation sites excluding steroid dienone is 2. The van der Waals surface area contributed by atoms with Crippen LogP contribution in [0.15, 0.2) is 16.8 Å². The van der Waals surface area contributed by atoms with Crippen LogP contribution < -0.4 is 0 Å². The lowest BCUT2D eigenvalue weighted by Gasteiger charge is -2.06. The first kappa shape index (κ1) is 15.1. The molecule has 1 aromatic rings. The molecule has 2 nitrogen and oxygen atoms in total. The molecule has 1 aromatic carbocycles. The molecule has 19 heavy (non-hydrogen) atoms. The van der Waals surface area contributed by atoms with Crippen molar-refractivity contribution >= 4 is 6.21 Å². The highest BCUT2D eigenvalue weighted by Gasteiger charge is 2.25. The van der Waals surface area contributed by atoms with Crippen LogP contribution in [0, 0.1) is 29.1 Å². The lowest BCUT2D eigenvalue weighted by Crippen LogP contribution is -2.07. The zero-order valence-corrected chi connectivity index (χ0v) is 10.1. The van der Waals surface area contributed by atoms with E-state index in [9.17, 15) is 22.0 Å².